The number of ketones is 1. The molecule has 6 heteroatoms. The van der Waals surface area contributed by atoms with Gasteiger partial charge in [0.25, 0.3) is 0 Å². The lowest BCUT2D eigenvalue weighted by molar-refractivity contribution is 0.0871. The van der Waals surface area contributed by atoms with Gasteiger partial charge < -0.3 is 20.1 Å². The summed E-state index contributed by atoms with van der Waals surface area (Å²) in [5.41, 5.74) is 4.49. The van der Waals surface area contributed by atoms with Crippen molar-refractivity contribution in [3.63, 3.8) is 0 Å². The minimum atomic E-state index is -1.31. The Morgan fingerprint density at radius 3 is 2.24 bits per heavy atom. The number of anilines is 1. The summed E-state index contributed by atoms with van der Waals surface area (Å²) in [4.78, 5) is 23.6. The van der Waals surface area contributed by atoms with Gasteiger partial charge >= 0.3 is 0 Å². The Hall–Kier alpha value is -3.48. The average Bonchev–Trinajstić information content (AvgIpc) is 3.28. The smallest absolute Gasteiger partial charge is 0.193 e. The van der Waals surface area contributed by atoms with Crippen molar-refractivity contribution < 1.29 is 15.0 Å². The van der Waals surface area contributed by atoms with Crippen molar-refractivity contribution in [1.82, 2.24) is 9.97 Å². The van der Waals surface area contributed by atoms with Crippen LogP contribution >= 0.6 is 0 Å². The summed E-state index contributed by atoms with van der Waals surface area (Å²) in [7, 11) is 0. The third kappa shape index (κ3) is 3.89. The number of rotatable bonds is 4. The average molecular weight is 458 g/mol. The number of nitrogens with one attached hydrogen (secondary N) is 1. The second-order valence-corrected chi connectivity index (χ2v) is 8.45. The van der Waals surface area contributed by atoms with Crippen molar-refractivity contribution in [2.75, 3.05) is 24.6 Å². The molecular weight excluding hydrogens is 426 g/mol. The van der Waals surface area contributed by atoms with E-state index in [4.69, 9.17) is 10.1 Å². The van der Waals surface area contributed by atoms with Crippen molar-refractivity contribution >= 4 is 22.5 Å². The summed E-state index contributed by atoms with van der Waals surface area (Å²) in [5.74, 6) is 0.642. The number of nitrogens with zero attached hydrogens (tertiary/aromatic N) is 2. The van der Waals surface area contributed by atoms with E-state index < -0.39 is 5.60 Å². The molecule has 4 aromatic rings. The van der Waals surface area contributed by atoms with Gasteiger partial charge in [-0.1, -0.05) is 24.3 Å². The van der Waals surface area contributed by atoms with Gasteiger partial charge in [0.15, 0.2) is 5.78 Å². The zero-order valence-corrected chi connectivity index (χ0v) is 20.1. The first-order valence-corrected chi connectivity index (χ1v) is 11.7. The lowest BCUT2D eigenvalue weighted by atomic mass is 9.74. The number of aliphatic hydroxyl groups is 2. The fourth-order valence-electron chi connectivity index (χ4n) is 4.70. The number of benzene rings is 3. The van der Waals surface area contributed by atoms with Gasteiger partial charge in [0, 0.05) is 47.6 Å². The van der Waals surface area contributed by atoms with Crippen LogP contribution in [0.4, 0.5) is 5.69 Å². The number of H-pyrrole nitrogens is 1. The first kappa shape index (κ1) is 23.7. The first-order valence-electron chi connectivity index (χ1n) is 11.7. The largest absolute Gasteiger partial charge is 0.397 e. The number of imidazole rings is 1. The van der Waals surface area contributed by atoms with Crippen molar-refractivity contribution in [1.29, 1.82) is 0 Å². The summed E-state index contributed by atoms with van der Waals surface area (Å²) in [6.45, 7) is 9.87. The molecule has 0 radical (unpaired) electrons. The van der Waals surface area contributed by atoms with E-state index in [1.807, 2.05) is 24.3 Å². The lowest BCUT2D eigenvalue weighted by Gasteiger charge is -2.32. The van der Waals surface area contributed by atoms with Gasteiger partial charge in [-0.3, -0.25) is 4.79 Å². The molecule has 0 bridgehead atoms. The highest BCUT2D eigenvalue weighted by atomic mass is 16.3. The fraction of sp³-hybridized carbons (Fsp3) is 0.286. The molecule has 1 aliphatic carbocycles. The van der Waals surface area contributed by atoms with E-state index in [2.05, 4.69) is 48.0 Å². The molecule has 1 atom stereocenters. The number of fused-ring (bicyclic) bond motifs is 4. The molecule has 3 aromatic carbocycles. The number of hydrogen-bond acceptors (Lipinski definition) is 5. The summed E-state index contributed by atoms with van der Waals surface area (Å²) >= 11 is 0. The predicted octanol–water partition coefficient (Wildman–Crippen LogP) is 4.87. The molecule has 176 valence electrons. The Bertz CT molecular complexity index is 1320. The molecular formula is C28H31N3O3. The van der Waals surface area contributed by atoms with E-state index in [0.29, 0.717) is 27.8 Å². The van der Waals surface area contributed by atoms with Gasteiger partial charge in [-0.15, -0.1) is 0 Å². The Balaban J connectivity index is 0.000000868. The number of hydrogen-bond donors (Lipinski definition) is 3. The molecule has 1 aromatic heterocycles. The Kier molecular flexibility index (Phi) is 6.55. The van der Waals surface area contributed by atoms with Crippen LogP contribution in [-0.4, -0.2) is 45.7 Å². The third-order valence-electron chi connectivity index (χ3n) is 6.35. The highest BCUT2D eigenvalue weighted by molar-refractivity contribution is 6.15. The highest BCUT2D eigenvalue weighted by Gasteiger charge is 2.40. The topological polar surface area (TPSA) is 89.5 Å². The van der Waals surface area contributed by atoms with Crippen LogP contribution in [0.2, 0.25) is 0 Å². The van der Waals surface area contributed by atoms with Crippen LogP contribution < -0.4 is 4.90 Å². The zero-order valence-electron chi connectivity index (χ0n) is 20.1. The minimum absolute atomic E-state index is 0.0767. The predicted molar refractivity (Wildman–Crippen MR) is 136 cm³/mol. The number of aromatic amines is 1. The van der Waals surface area contributed by atoms with Crippen molar-refractivity contribution in [3.05, 3.63) is 82.9 Å². The second-order valence-electron chi connectivity index (χ2n) is 8.45. The van der Waals surface area contributed by atoms with Crippen molar-refractivity contribution in [2.24, 2.45) is 0 Å². The van der Waals surface area contributed by atoms with Gasteiger partial charge in [-0.2, -0.15) is 0 Å². The van der Waals surface area contributed by atoms with Crippen LogP contribution in [-0.2, 0) is 5.60 Å². The Morgan fingerprint density at radius 1 is 0.941 bits per heavy atom. The molecule has 0 unspecified atom stereocenters. The monoisotopic (exact) mass is 457 g/mol. The van der Waals surface area contributed by atoms with Crippen LogP contribution in [0.15, 0.2) is 60.7 Å². The SMILES string of the molecule is CCN(CC)c1ccc(-c2nc3c4c(ccc3[nH]2)C(=O)c2ccccc2[C@]4(C)O)cc1.CCO. The van der Waals surface area contributed by atoms with Crippen molar-refractivity contribution in [3.8, 4) is 11.4 Å². The summed E-state index contributed by atoms with van der Waals surface area (Å²) < 4.78 is 0. The van der Waals surface area contributed by atoms with E-state index in [1.165, 1.54) is 5.69 Å². The number of carbonyl (C=O) groups is 1. The molecule has 3 N–H and O–H groups in total. The summed E-state index contributed by atoms with van der Waals surface area (Å²) in [6, 6.07) is 19.2. The highest BCUT2D eigenvalue weighted by Crippen LogP contribution is 2.43. The first-order chi connectivity index (χ1) is 16.4. The van der Waals surface area contributed by atoms with E-state index in [-0.39, 0.29) is 12.4 Å². The van der Waals surface area contributed by atoms with Crippen LogP contribution in [0.1, 0.15) is 54.7 Å². The van der Waals surface area contributed by atoms with E-state index >= 15 is 0 Å². The van der Waals surface area contributed by atoms with Crippen LogP contribution in [0, 0.1) is 0 Å². The van der Waals surface area contributed by atoms with Crippen LogP contribution in [0.25, 0.3) is 22.4 Å². The van der Waals surface area contributed by atoms with Gasteiger partial charge in [0.2, 0.25) is 0 Å². The van der Waals surface area contributed by atoms with Crippen molar-refractivity contribution in [2.45, 2.75) is 33.3 Å². The zero-order chi connectivity index (χ0) is 24.5. The molecule has 6 nitrogen and oxygen atoms in total. The van der Waals surface area contributed by atoms with Crippen LogP contribution in [0.3, 0.4) is 0 Å². The molecule has 0 amide bonds. The second kappa shape index (κ2) is 9.41. The maximum Gasteiger partial charge on any atom is 0.193 e. The minimum Gasteiger partial charge on any atom is -0.397 e. The maximum atomic E-state index is 13.1. The quantitative estimate of drug-likeness (QED) is 0.407. The molecule has 34 heavy (non-hydrogen) atoms. The molecule has 1 aliphatic rings. The molecule has 5 rings (SSSR count). The van der Waals surface area contributed by atoms with E-state index in [0.717, 1.165) is 30.0 Å². The standard InChI is InChI=1S/C26H25N3O2.C2H6O/c1-4-29(5-2)17-12-10-16(11-13-17)25-27-21-15-14-19-22(23(21)28-25)26(3,31)20-9-7-6-8-18(20)24(19)30;1-2-3/h6-15,31H,4-5H2,1-3H3,(H,27,28);3H,2H2,1H3/t26-;/m0./s1. The lowest BCUT2D eigenvalue weighted by Crippen LogP contribution is -2.33. The molecule has 0 saturated carbocycles. The van der Waals surface area contributed by atoms with E-state index in [9.17, 15) is 9.90 Å². The Labute approximate surface area is 199 Å². The summed E-state index contributed by atoms with van der Waals surface area (Å²) in [6.07, 6.45) is 0. The maximum absolute atomic E-state index is 13.1. The molecule has 0 fully saturated rings. The Morgan fingerprint density at radius 2 is 1.59 bits per heavy atom. The number of carbonyl (C=O) groups excluding carboxylic acids is 1. The van der Waals surface area contributed by atoms with Gasteiger partial charge in [0.05, 0.1) is 11.0 Å². The fourth-order valence-corrected chi connectivity index (χ4v) is 4.70. The normalized spacial score (nSPS) is 16.5. The van der Waals surface area contributed by atoms with Crippen LogP contribution in [0.5, 0.6) is 0 Å². The molecule has 0 saturated heterocycles. The molecule has 1 heterocycles. The number of aromatic nitrogens is 2. The van der Waals surface area contributed by atoms with Gasteiger partial charge in [0.1, 0.15) is 11.4 Å². The third-order valence-corrected chi connectivity index (χ3v) is 6.35. The molecule has 0 aliphatic heterocycles. The van der Waals surface area contributed by atoms with E-state index in [1.54, 1.807) is 26.0 Å². The van der Waals surface area contributed by atoms with Gasteiger partial charge in [-0.25, -0.2) is 4.98 Å². The van der Waals surface area contributed by atoms with Gasteiger partial charge in [-0.05, 0) is 69.7 Å². The number of aliphatic hydroxyl groups excluding tert-OH is 1. The summed E-state index contributed by atoms with van der Waals surface area (Å²) in [5, 5.41) is 19.1. The molecule has 0 spiro atoms.